The Labute approximate surface area is 123 Å². The molecule has 20 heavy (non-hydrogen) atoms. The van der Waals surface area contributed by atoms with Gasteiger partial charge in [-0.05, 0) is 39.8 Å². The average molecular weight is 279 g/mol. The van der Waals surface area contributed by atoms with Crippen LogP contribution >= 0.6 is 0 Å². The lowest BCUT2D eigenvalue weighted by molar-refractivity contribution is -0.0565. The molecule has 0 aliphatic rings. The van der Waals surface area contributed by atoms with E-state index in [0.29, 0.717) is 13.2 Å². The highest BCUT2D eigenvalue weighted by Crippen LogP contribution is 2.36. The number of likely N-dealkylation sites (N-methyl/N-ethyl adjacent to an activating group) is 1. The summed E-state index contributed by atoms with van der Waals surface area (Å²) in [4.78, 5) is 0. The van der Waals surface area contributed by atoms with E-state index < -0.39 is 0 Å². The van der Waals surface area contributed by atoms with Crippen LogP contribution in [0.25, 0.3) is 0 Å². The van der Waals surface area contributed by atoms with Crippen LogP contribution in [0.5, 0.6) is 5.75 Å². The van der Waals surface area contributed by atoms with Crippen molar-refractivity contribution in [2.45, 2.75) is 52.7 Å². The van der Waals surface area contributed by atoms with Crippen LogP contribution in [0, 0.1) is 0 Å². The third kappa shape index (κ3) is 3.97. The van der Waals surface area contributed by atoms with Crippen LogP contribution in [0.4, 0.5) is 0 Å². The fourth-order valence-electron chi connectivity index (χ4n) is 2.58. The Morgan fingerprint density at radius 2 is 1.80 bits per heavy atom. The van der Waals surface area contributed by atoms with Crippen LogP contribution in [0.15, 0.2) is 24.3 Å². The molecule has 0 aliphatic carbocycles. The number of para-hydroxylation sites is 1. The lowest BCUT2D eigenvalue weighted by Crippen LogP contribution is -2.43. The molecule has 0 amide bonds. The number of benzene rings is 1. The number of hydrogen-bond acceptors (Lipinski definition) is 3. The van der Waals surface area contributed by atoms with Crippen LogP contribution in [-0.2, 0) is 4.74 Å². The van der Waals surface area contributed by atoms with Crippen molar-refractivity contribution >= 4 is 0 Å². The zero-order chi connectivity index (χ0) is 15.0. The fraction of sp³-hybridized carbons (Fsp3) is 0.647. The maximum atomic E-state index is 6.06. The fourth-order valence-corrected chi connectivity index (χ4v) is 2.58. The number of nitrogens with one attached hydrogen (secondary N) is 1. The van der Waals surface area contributed by atoms with Gasteiger partial charge in [0.05, 0.1) is 18.2 Å². The van der Waals surface area contributed by atoms with Crippen molar-refractivity contribution in [1.82, 2.24) is 5.32 Å². The van der Waals surface area contributed by atoms with Gasteiger partial charge in [-0.15, -0.1) is 0 Å². The smallest absolute Gasteiger partial charge is 0.124 e. The van der Waals surface area contributed by atoms with E-state index in [9.17, 15) is 0 Å². The van der Waals surface area contributed by atoms with Crippen LogP contribution in [-0.4, -0.2) is 25.4 Å². The van der Waals surface area contributed by atoms with Crippen LogP contribution in [0.1, 0.15) is 52.6 Å². The number of rotatable bonds is 9. The van der Waals surface area contributed by atoms with Crippen LogP contribution < -0.4 is 10.1 Å². The van der Waals surface area contributed by atoms with E-state index in [4.69, 9.17) is 9.47 Å². The maximum absolute atomic E-state index is 6.06. The molecule has 0 saturated heterocycles. The van der Waals surface area contributed by atoms with Gasteiger partial charge >= 0.3 is 0 Å². The van der Waals surface area contributed by atoms with Crippen LogP contribution in [0.2, 0.25) is 0 Å². The van der Waals surface area contributed by atoms with Gasteiger partial charge in [0.25, 0.3) is 0 Å². The summed E-state index contributed by atoms with van der Waals surface area (Å²) in [6, 6.07) is 8.36. The number of ether oxygens (including phenoxy) is 2. The molecule has 1 N–H and O–H groups in total. The van der Waals surface area contributed by atoms with E-state index in [1.165, 1.54) is 5.56 Å². The largest absolute Gasteiger partial charge is 0.494 e. The highest BCUT2D eigenvalue weighted by Gasteiger charge is 2.35. The Balaban J connectivity index is 3.18. The summed E-state index contributed by atoms with van der Waals surface area (Å²) in [7, 11) is 0. The molecule has 3 heteroatoms. The summed E-state index contributed by atoms with van der Waals surface area (Å²) in [5, 5.41) is 3.57. The minimum absolute atomic E-state index is 0.125. The van der Waals surface area contributed by atoms with Gasteiger partial charge in [-0.2, -0.15) is 0 Å². The first-order valence-corrected chi connectivity index (χ1v) is 7.71. The molecule has 3 nitrogen and oxygen atoms in total. The second-order valence-corrected chi connectivity index (χ2v) is 5.06. The molecule has 1 aromatic carbocycles. The lowest BCUT2D eigenvalue weighted by Gasteiger charge is -2.38. The summed E-state index contributed by atoms with van der Waals surface area (Å²) in [5.74, 6) is 0.945. The molecule has 0 aliphatic heterocycles. The first-order chi connectivity index (χ1) is 9.62. The molecule has 0 fully saturated rings. The maximum Gasteiger partial charge on any atom is 0.124 e. The summed E-state index contributed by atoms with van der Waals surface area (Å²) < 4.78 is 11.8. The van der Waals surface area contributed by atoms with E-state index >= 15 is 0 Å². The minimum atomic E-state index is -0.238. The minimum Gasteiger partial charge on any atom is -0.494 e. The molecule has 0 heterocycles. The highest BCUT2D eigenvalue weighted by atomic mass is 16.5. The Bertz CT molecular complexity index is 394. The Morgan fingerprint density at radius 1 is 1.10 bits per heavy atom. The van der Waals surface area contributed by atoms with Gasteiger partial charge in [0.2, 0.25) is 0 Å². The third-order valence-corrected chi connectivity index (χ3v) is 3.72. The summed E-state index contributed by atoms with van der Waals surface area (Å²) in [6.45, 7) is 12.8. The lowest BCUT2D eigenvalue weighted by atomic mass is 9.87. The Morgan fingerprint density at radius 3 is 2.35 bits per heavy atom. The SMILES string of the molecule is CCNC(c1ccccc1OCC)C(C)(CC)OCC. The monoisotopic (exact) mass is 279 g/mol. The second-order valence-electron chi connectivity index (χ2n) is 5.06. The molecule has 1 aromatic rings. The molecule has 2 atom stereocenters. The third-order valence-electron chi connectivity index (χ3n) is 3.72. The molecule has 2 unspecified atom stereocenters. The first kappa shape index (κ1) is 17.0. The van der Waals surface area contributed by atoms with Crippen molar-refractivity contribution in [3.05, 3.63) is 29.8 Å². The normalized spacial score (nSPS) is 15.7. The quantitative estimate of drug-likeness (QED) is 0.742. The predicted octanol–water partition coefficient (Wildman–Crippen LogP) is 3.94. The van der Waals surface area contributed by atoms with Gasteiger partial charge in [-0.1, -0.05) is 32.0 Å². The molecule has 0 saturated carbocycles. The van der Waals surface area contributed by atoms with E-state index in [2.05, 4.69) is 38.2 Å². The summed E-state index contributed by atoms with van der Waals surface area (Å²) >= 11 is 0. The van der Waals surface area contributed by atoms with Gasteiger partial charge in [0.1, 0.15) is 5.75 Å². The second kappa shape index (κ2) is 8.28. The highest BCUT2D eigenvalue weighted by molar-refractivity contribution is 5.37. The molecule has 114 valence electrons. The van der Waals surface area contributed by atoms with Crippen molar-refractivity contribution in [2.75, 3.05) is 19.8 Å². The molecule has 0 spiro atoms. The van der Waals surface area contributed by atoms with Gasteiger partial charge in [0.15, 0.2) is 0 Å². The zero-order valence-corrected chi connectivity index (χ0v) is 13.5. The van der Waals surface area contributed by atoms with Gasteiger partial charge in [-0.3, -0.25) is 0 Å². The zero-order valence-electron chi connectivity index (χ0n) is 13.5. The van der Waals surface area contributed by atoms with Gasteiger partial charge in [0, 0.05) is 12.2 Å². The molecule has 0 bridgehead atoms. The van der Waals surface area contributed by atoms with E-state index in [1.807, 2.05) is 26.0 Å². The summed E-state index contributed by atoms with van der Waals surface area (Å²) in [5.41, 5.74) is 0.937. The standard InChI is InChI=1S/C17H29NO2/c1-6-17(5,20-9-4)16(18-7-2)14-12-10-11-13-15(14)19-8-3/h10-13,16,18H,6-9H2,1-5H3. The first-order valence-electron chi connectivity index (χ1n) is 7.71. The molecular formula is C17H29NO2. The van der Waals surface area contributed by atoms with E-state index in [0.717, 1.165) is 18.7 Å². The van der Waals surface area contributed by atoms with Crippen molar-refractivity contribution in [3.63, 3.8) is 0 Å². The van der Waals surface area contributed by atoms with Crippen molar-refractivity contribution in [3.8, 4) is 5.75 Å². The average Bonchev–Trinajstić information content (AvgIpc) is 2.46. The molecule has 1 rings (SSSR count). The summed E-state index contributed by atoms with van der Waals surface area (Å²) in [6.07, 6.45) is 0.943. The predicted molar refractivity (Wildman–Crippen MR) is 84.4 cm³/mol. The molecule has 0 radical (unpaired) electrons. The number of hydrogen-bond donors (Lipinski definition) is 1. The molecule has 0 aromatic heterocycles. The van der Waals surface area contributed by atoms with E-state index in [-0.39, 0.29) is 11.6 Å². The van der Waals surface area contributed by atoms with Gasteiger partial charge in [-0.25, -0.2) is 0 Å². The van der Waals surface area contributed by atoms with Crippen LogP contribution in [0.3, 0.4) is 0 Å². The van der Waals surface area contributed by atoms with Crippen molar-refractivity contribution in [1.29, 1.82) is 0 Å². The van der Waals surface area contributed by atoms with E-state index in [1.54, 1.807) is 0 Å². The Kier molecular flexibility index (Phi) is 7.03. The molecular weight excluding hydrogens is 250 g/mol. The van der Waals surface area contributed by atoms with Crippen molar-refractivity contribution in [2.24, 2.45) is 0 Å². The van der Waals surface area contributed by atoms with Gasteiger partial charge < -0.3 is 14.8 Å². The van der Waals surface area contributed by atoms with Crippen molar-refractivity contribution < 1.29 is 9.47 Å². The Hall–Kier alpha value is -1.06. The topological polar surface area (TPSA) is 30.5 Å².